The first-order chi connectivity index (χ1) is 11.2. The number of fused-ring (bicyclic) bond motifs is 1. The van der Waals surface area contributed by atoms with E-state index >= 15 is 0 Å². The zero-order valence-corrected chi connectivity index (χ0v) is 13.5. The predicted octanol–water partition coefficient (Wildman–Crippen LogP) is 1.88. The van der Waals surface area contributed by atoms with Crippen molar-refractivity contribution in [3.05, 3.63) is 42.4 Å². The Kier molecular flexibility index (Phi) is 3.46. The standard InChI is InChI=1S/C17H20N6/c1-13-5-3-4-6-15(13)23-17-14(11-20-23)16(18-12-19-17)22-9-7-21(2)8-10-22/h3-6,11-12H,7-10H2,1-2H3. The maximum atomic E-state index is 4.57. The van der Waals surface area contributed by atoms with Gasteiger partial charge in [0, 0.05) is 26.2 Å². The molecule has 3 aromatic rings. The number of likely N-dealkylation sites (N-methyl/N-ethyl adjacent to an activating group) is 1. The van der Waals surface area contributed by atoms with Crippen LogP contribution in [0.25, 0.3) is 16.7 Å². The maximum Gasteiger partial charge on any atom is 0.168 e. The quantitative estimate of drug-likeness (QED) is 0.723. The molecule has 0 spiro atoms. The van der Waals surface area contributed by atoms with Gasteiger partial charge in [-0.1, -0.05) is 18.2 Å². The molecule has 2 aromatic heterocycles. The Labute approximate surface area is 135 Å². The maximum absolute atomic E-state index is 4.57. The van der Waals surface area contributed by atoms with Gasteiger partial charge in [-0.3, -0.25) is 0 Å². The summed E-state index contributed by atoms with van der Waals surface area (Å²) in [6.45, 7) is 6.16. The first kappa shape index (κ1) is 14.1. The number of rotatable bonds is 2. The van der Waals surface area contributed by atoms with Crippen LogP contribution in [-0.4, -0.2) is 57.9 Å². The van der Waals surface area contributed by atoms with Gasteiger partial charge in [0.2, 0.25) is 0 Å². The van der Waals surface area contributed by atoms with Gasteiger partial charge in [0.25, 0.3) is 0 Å². The van der Waals surface area contributed by atoms with Gasteiger partial charge < -0.3 is 9.80 Å². The fourth-order valence-electron chi connectivity index (χ4n) is 3.08. The second-order valence-electron chi connectivity index (χ2n) is 6.07. The third-order valence-corrected chi connectivity index (χ3v) is 4.49. The molecular weight excluding hydrogens is 288 g/mol. The highest BCUT2D eigenvalue weighted by atomic mass is 15.3. The van der Waals surface area contributed by atoms with Gasteiger partial charge in [0.15, 0.2) is 5.65 Å². The Morgan fingerprint density at radius 1 is 1.00 bits per heavy atom. The summed E-state index contributed by atoms with van der Waals surface area (Å²) in [6, 6.07) is 8.22. The Morgan fingerprint density at radius 3 is 2.57 bits per heavy atom. The lowest BCUT2D eigenvalue weighted by atomic mass is 10.2. The minimum absolute atomic E-state index is 0.864. The highest BCUT2D eigenvalue weighted by Crippen LogP contribution is 2.26. The number of aromatic nitrogens is 4. The topological polar surface area (TPSA) is 50.1 Å². The molecular formula is C17H20N6. The van der Waals surface area contributed by atoms with Crippen LogP contribution in [0.15, 0.2) is 36.8 Å². The number of hydrogen-bond donors (Lipinski definition) is 0. The molecule has 1 aliphatic rings. The van der Waals surface area contributed by atoms with Crippen molar-refractivity contribution in [3.63, 3.8) is 0 Å². The van der Waals surface area contributed by atoms with Crippen molar-refractivity contribution in [2.75, 3.05) is 38.1 Å². The number of para-hydroxylation sites is 1. The minimum Gasteiger partial charge on any atom is -0.353 e. The van der Waals surface area contributed by atoms with Crippen molar-refractivity contribution in [1.29, 1.82) is 0 Å². The predicted molar refractivity (Wildman–Crippen MR) is 91.1 cm³/mol. The molecule has 4 rings (SSSR count). The Bertz CT molecular complexity index is 832. The molecule has 0 N–H and O–H groups in total. The molecule has 0 amide bonds. The first-order valence-electron chi connectivity index (χ1n) is 7.92. The van der Waals surface area contributed by atoms with Gasteiger partial charge in [-0.25, -0.2) is 14.6 Å². The van der Waals surface area contributed by atoms with Crippen LogP contribution < -0.4 is 4.90 Å². The van der Waals surface area contributed by atoms with Crippen LogP contribution in [0.4, 0.5) is 5.82 Å². The summed E-state index contributed by atoms with van der Waals surface area (Å²) < 4.78 is 1.91. The Hall–Kier alpha value is -2.47. The molecule has 23 heavy (non-hydrogen) atoms. The van der Waals surface area contributed by atoms with Crippen LogP contribution in [0, 0.1) is 6.92 Å². The van der Waals surface area contributed by atoms with Crippen molar-refractivity contribution in [2.24, 2.45) is 0 Å². The molecule has 0 atom stereocenters. The lowest BCUT2D eigenvalue weighted by Gasteiger charge is -2.33. The molecule has 0 bridgehead atoms. The lowest BCUT2D eigenvalue weighted by Crippen LogP contribution is -2.44. The van der Waals surface area contributed by atoms with Gasteiger partial charge in [-0.2, -0.15) is 5.10 Å². The zero-order chi connectivity index (χ0) is 15.8. The molecule has 1 aromatic carbocycles. The van der Waals surface area contributed by atoms with Crippen LogP contribution in [-0.2, 0) is 0 Å². The summed E-state index contributed by atoms with van der Waals surface area (Å²) >= 11 is 0. The lowest BCUT2D eigenvalue weighted by molar-refractivity contribution is 0.312. The second-order valence-corrected chi connectivity index (χ2v) is 6.07. The normalized spacial score (nSPS) is 16.2. The Balaban J connectivity index is 1.80. The zero-order valence-electron chi connectivity index (χ0n) is 13.5. The van der Waals surface area contributed by atoms with E-state index in [4.69, 9.17) is 0 Å². The first-order valence-corrected chi connectivity index (χ1v) is 7.92. The highest BCUT2D eigenvalue weighted by Gasteiger charge is 2.20. The van der Waals surface area contributed by atoms with Gasteiger partial charge in [0.1, 0.15) is 12.1 Å². The van der Waals surface area contributed by atoms with Crippen LogP contribution in [0.3, 0.4) is 0 Å². The monoisotopic (exact) mass is 308 g/mol. The Morgan fingerprint density at radius 2 is 1.78 bits per heavy atom. The summed E-state index contributed by atoms with van der Waals surface area (Å²) in [6.07, 6.45) is 3.53. The van der Waals surface area contributed by atoms with E-state index in [-0.39, 0.29) is 0 Å². The van der Waals surface area contributed by atoms with E-state index in [9.17, 15) is 0 Å². The fourth-order valence-corrected chi connectivity index (χ4v) is 3.08. The summed E-state index contributed by atoms with van der Waals surface area (Å²) in [5, 5.41) is 5.59. The summed E-state index contributed by atoms with van der Waals surface area (Å²) in [4.78, 5) is 13.7. The molecule has 6 nitrogen and oxygen atoms in total. The fraction of sp³-hybridized carbons (Fsp3) is 0.353. The second kappa shape index (κ2) is 5.62. The molecule has 0 aliphatic carbocycles. The van der Waals surface area contributed by atoms with Crippen molar-refractivity contribution in [1.82, 2.24) is 24.6 Å². The SMILES string of the molecule is Cc1ccccc1-n1ncc2c(N3CCN(C)CC3)ncnc21. The average Bonchev–Trinajstić information content (AvgIpc) is 3.00. The van der Waals surface area contributed by atoms with Crippen molar-refractivity contribution >= 4 is 16.9 Å². The number of anilines is 1. The molecule has 1 fully saturated rings. The highest BCUT2D eigenvalue weighted by molar-refractivity contribution is 5.87. The van der Waals surface area contributed by atoms with Gasteiger partial charge in [0.05, 0.1) is 17.3 Å². The van der Waals surface area contributed by atoms with Crippen LogP contribution in [0.2, 0.25) is 0 Å². The van der Waals surface area contributed by atoms with E-state index in [1.54, 1.807) is 6.33 Å². The summed E-state index contributed by atoms with van der Waals surface area (Å²) in [5.41, 5.74) is 3.10. The third kappa shape index (κ3) is 2.45. The third-order valence-electron chi connectivity index (χ3n) is 4.49. The smallest absolute Gasteiger partial charge is 0.168 e. The summed E-state index contributed by atoms with van der Waals surface area (Å²) in [7, 11) is 2.16. The molecule has 3 heterocycles. The van der Waals surface area contributed by atoms with Crippen LogP contribution in [0.1, 0.15) is 5.56 Å². The molecule has 0 radical (unpaired) electrons. The number of aryl methyl sites for hydroxylation is 1. The van der Waals surface area contributed by atoms with E-state index in [0.717, 1.165) is 48.7 Å². The number of nitrogens with zero attached hydrogens (tertiary/aromatic N) is 6. The van der Waals surface area contributed by atoms with E-state index in [1.165, 1.54) is 5.56 Å². The van der Waals surface area contributed by atoms with Gasteiger partial charge in [-0.15, -0.1) is 0 Å². The molecule has 1 saturated heterocycles. The van der Waals surface area contributed by atoms with Gasteiger partial charge in [-0.05, 0) is 25.6 Å². The molecule has 0 saturated carbocycles. The van der Waals surface area contributed by atoms with E-state index < -0.39 is 0 Å². The van der Waals surface area contributed by atoms with Crippen LogP contribution >= 0.6 is 0 Å². The van der Waals surface area contributed by atoms with E-state index in [0.29, 0.717) is 0 Å². The average molecular weight is 308 g/mol. The van der Waals surface area contributed by atoms with Crippen LogP contribution in [0.5, 0.6) is 0 Å². The molecule has 1 aliphatic heterocycles. The largest absolute Gasteiger partial charge is 0.353 e. The van der Waals surface area contributed by atoms with Gasteiger partial charge >= 0.3 is 0 Å². The van der Waals surface area contributed by atoms with Crippen molar-refractivity contribution in [3.8, 4) is 5.69 Å². The molecule has 6 heteroatoms. The number of benzene rings is 1. The summed E-state index contributed by atoms with van der Waals surface area (Å²) in [5.74, 6) is 0.989. The van der Waals surface area contributed by atoms with E-state index in [1.807, 2.05) is 23.0 Å². The van der Waals surface area contributed by atoms with E-state index in [2.05, 4.69) is 51.0 Å². The minimum atomic E-state index is 0.864. The van der Waals surface area contributed by atoms with Crippen molar-refractivity contribution in [2.45, 2.75) is 6.92 Å². The number of hydrogen-bond acceptors (Lipinski definition) is 5. The number of piperazine rings is 1. The molecule has 118 valence electrons. The van der Waals surface area contributed by atoms with Crippen molar-refractivity contribution < 1.29 is 0 Å². The molecule has 0 unspecified atom stereocenters.